The molecule has 4 nitrogen and oxygen atoms in total. The van der Waals surface area contributed by atoms with Gasteiger partial charge < -0.3 is 10.2 Å². The van der Waals surface area contributed by atoms with Gasteiger partial charge in [0, 0.05) is 17.3 Å². The molecule has 0 aromatic heterocycles. The van der Waals surface area contributed by atoms with Crippen molar-refractivity contribution >= 4 is 11.6 Å². The molecule has 3 fully saturated rings. The minimum absolute atomic E-state index is 0.0501. The first-order chi connectivity index (χ1) is 12.2. The number of ketones is 2. The Morgan fingerprint density at radius 2 is 2.08 bits per heavy atom. The van der Waals surface area contributed by atoms with Crippen LogP contribution in [0.3, 0.4) is 0 Å². The minimum Gasteiger partial charge on any atom is -0.393 e. The second-order valence-corrected chi connectivity index (χ2v) is 9.62. The van der Waals surface area contributed by atoms with Crippen LogP contribution in [0.25, 0.3) is 0 Å². The van der Waals surface area contributed by atoms with Gasteiger partial charge in [-0.25, -0.2) is 0 Å². The second kappa shape index (κ2) is 5.87. The highest BCUT2D eigenvalue weighted by Crippen LogP contribution is 2.67. The molecule has 4 aliphatic rings. The van der Waals surface area contributed by atoms with E-state index in [2.05, 4.69) is 20.8 Å². The van der Waals surface area contributed by atoms with Crippen LogP contribution in [-0.4, -0.2) is 34.5 Å². The van der Waals surface area contributed by atoms with Crippen LogP contribution in [-0.2, 0) is 9.59 Å². The number of hydrogen-bond acceptors (Lipinski definition) is 4. The maximum Gasteiger partial charge on any atom is 0.178 e. The summed E-state index contributed by atoms with van der Waals surface area (Å²) in [4.78, 5) is 24.3. The summed E-state index contributed by atoms with van der Waals surface area (Å²) in [5.41, 5.74) is 0.647. The molecule has 0 heterocycles. The number of aliphatic hydroxyl groups excluding tert-OH is 2. The summed E-state index contributed by atoms with van der Waals surface area (Å²) in [6, 6.07) is 0. The first-order valence-corrected chi connectivity index (χ1v) is 9.98. The largest absolute Gasteiger partial charge is 0.393 e. The Hall–Kier alpha value is -1.26. The van der Waals surface area contributed by atoms with Crippen LogP contribution in [0.5, 0.6) is 0 Å². The summed E-state index contributed by atoms with van der Waals surface area (Å²) in [5.74, 6) is 0.886. The molecular formula is C22H30O4. The first-order valence-electron chi connectivity index (χ1n) is 9.98. The lowest BCUT2D eigenvalue weighted by Crippen LogP contribution is -2.56. The molecule has 4 rings (SSSR count). The molecule has 4 heteroatoms. The Balaban J connectivity index is 1.74. The van der Waals surface area contributed by atoms with E-state index in [-0.39, 0.29) is 40.2 Å². The van der Waals surface area contributed by atoms with Crippen LogP contribution in [0.4, 0.5) is 0 Å². The second-order valence-electron chi connectivity index (χ2n) is 9.62. The van der Waals surface area contributed by atoms with Crippen molar-refractivity contribution in [1.82, 2.24) is 0 Å². The Labute approximate surface area is 155 Å². The van der Waals surface area contributed by atoms with Crippen molar-refractivity contribution in [3.63, 3.8) is 0 Å². The smallest absolute Gasteiger partial charge is 0.178 e. The summed E-state index contributed by atoms with van der Waals surface area (Å²) in [5, 5.41) is 20.7. The van der Waals surface area contributed by atoms with Crippen LogP contribution in [0.15, 0.2) is 23.8 Å². The predicted octanol–water partition coefficient (Wildman–Crippen LogP) is 2.69. The topological polar surface area (TPSA) is 74.6 Å². The SMILES string of the molecule is C[C@H]1C[C@H]2[C@@H]3CCC4=CC(=O)C=C[C@]4(C)[C@H]3[C@@H](O)C[C@]2(C)[C@H]1C(=O)CO. The summed E-state index contributed by atoms with van der Waals surface area (Å²) in [6.07, 6.45) is 8.39. The van der Waals surface area contributed by atoms with Gasteiger partial charge in [0.1, 0.15) is 6.61 Å². The minimum atomic E-state index is -0.493. The summed E-state index contributed by atoms with van der Waals surface area (Å²) in [6.45, 7) is 6.04. The van der Waals surface area contributed by atoms with E-state index in [4.69, 9.17) is 0 Å². The van der Waals surface area contributed by atoms with Crippen molar-refractivity contribution in [2.24, 2.45) is 40.4 Å². The highest BCUT2D eigenvalue weighted by atomic mass is 16.3. The van der Waals surface area contributed by atoms with Crippen molar-refractivity contribution in [2.75, 3.05) is 6.61 Å². The van der Waals surface area contributed by atoms with E-state index in [9.17, 15) is 19.8 Å². The van der Waals surface area contributed by atoms with Gasteiger partial charge >= 0.3 is 0 Å². The Kier molecular flexibility index (Phi) is 4.09. The van der Waals surface area contributed by atoms with Gasteiger partial charge in [0.2, 0.25) is 0 Å². The number of Topliss-reactive ketones (excluding diaryl/α,β-unsaturated/α-hetero) is 1. The maximum absolute atomic E-state index is 12.5. The lowest BCUT2D eigenvalue weighted by atomic mass is 9.46. The van der Waals surface area contributed by atoms with Gasteiger partial charge in [-0.2, -0.15) is 0 Å². The monoisotopic (exact) mass is 358 g/mol. The molecule has 8 atom stereocenters. The number of hydrogen-bond donors (Lipinski definition) is 2. The van der Waals surface area contributed by atoms with Gasteiger partial charge in [0.15, 0.2) is 11.6 Å². The normalized spacial score (nSPS) is 49.9. The molecule has 0 unspecified atom stereocenters. The van der Waals surface area contributed by atoms with Gasteiger partial charge in [-0.3, -0.25) is 9.59 Å². The number of rotatable bonds is 2. The van der Waals surface area contributed by atoms with Crippen LogP contribution in [0.2, 0.25) is 0 Å². The van der Waals surface area contributed by atoms with E-state index in [1.54, 1.807) is 12.2 Å². The van der Waals surface area contributed by atoms with E-state index in [0.717, 1.165) is 24.8 Å². The van der Waals surface area contributed by atoms with Gasteiger partial charge in [-0.05, 0) is 61.0 Å². The maximum atomic E-state index is 12.5. The summed E-state index contributed by atoms with van der Waals surface area (Å²) >= 11 is 0. The third kappa shape index (κ3) is 2.27. The summed E-state index contributed by atoms with van der Waals surface area (Å²) in [7, 11) is 0. The van der Waals surface area contributed by atoms with Crippen LogP contribution >= 0.6 is 0 Å². The zero-order valence-corrected chi connectivity index (χ0v) is 15.9. The molecule has 4 aliphatic carbocycles. The zero-order chi connectivity index (χ0) is 18.9. The average molecular weight is 358 g/mol. The molecule has 0 amide bonds. The lowest BCUT2D eigenvalue weighted by Gasteiger charge is -2.58. The number of carbonyl (C=O) groups is 2. The third-order valence-corrected chi connectivity index (χ3v) is 8.34. The van der Waals surface area contributed by atoms with Crippen LogP contribution in [0, 0.1) is 40.4 Å². The molecular weight excluding hydrogens is 328 g/mol. The lowest BCUT2D eigenvalue weighted by molar-refractivity contribution is -0.142. The highest BCUT2D eigenvalue weighted by molar-refractivity contribution is 6.01. The fourth-order valence-corrected chi connectivity index (χ4v) is 7.48. The predicted molar refractivity (Wildman–Crippen MR) is 98.1 cm³/mol. The number of allylic oxidation sites excluding steroid dienone is 4. The molecule has 142 valence electrons. The van der Waals surface area contributed by atoms with Gasteiger partial charge in [-0.1, -0.05) is 32.4 Å². The summed E-state index contributed by atoms with van der Waals surface area (Å²) < 4.78 is 0. The fraction of sp³-hybridized carbons (Fsp3) is 0.727. The van der Waals surface area contributed by atoms with Crippen molar-refractivity contribution < 1.29 is 19.8 Å². The molecule has 3 saturated carbocycles. The van der Waals surface area contributed by atoms with Crippen LogP contribution < -0.4 is 0 Å². The Bertz CT molecular complexity index is 707. The first kappa shape index (κ1) is 18.1. The standard InChI is InChI=1S/C22H30O4/c1-12-8-16-15-5-4-13-9-14(24)6-7-21(13,2)20(15)17(25)10-22(16,3)19(12)18(26)11-23/h6-7,9,12,15-17,19-20,23,25H,4-5,8,10-11H2,1-3H3/t12-,15-,16-,17-,19+,20+,21-,22-/m0/s1. The van der Waals surface area contributed by atoms with E-state index in [0.29, 0.717) is 18.3 Å². The Morgan fingerprint density at radius 3 is 2.77 bits per heavy atom. The molecule has 0 bridgehead atoms. The van der Waals surface area contributed by atoms with Gasteiger partial charge in [0.05, 0.1) is 6.10 Å². The molecule has 0 saturated heterocycles. The molecule has 0 aromatic rings. The molecule has 26 heavy (non-hydrogen) atoms. The van der Waals surface area contributed by atoms with Crippen molar-refractivity contribution in [3.05, 3.63) is 23.8 Å². The third-order valence-electron chi connectivity index (χ3n) is 8.34. The van der Waals surface area contributed by atoms with Gasteiger partial charge in [0.25, 0.3) is 0 Å². The van der Waals surface area contributed by atoms with Crippen molar-refractivity contribution in [1.29, 1.82) is 0 Å². The van der Waals surface area contributed by atoms with E-state index < -0.39 is 12.7 Å². The molecule has 2 N–H and O–H groups in total. The number of fused-ring (bicyclic) bond motifs is 5. The molecule has 0 spiro atoms. The highest BCUT2D eigenvalue weighted by Gasteiger charge is 2.64. The zero-order valence-electron chi connectivity index (χ0n) is 15.9. The fourth-order valence-electron chi connectivity index (χ4n) is 7.48. The van der Waals surface area contributed by atoms with Crippen molar-refractivity contribution in [2.45, 2.75) is 52.6 Å². The molecule has 0 aliphatic heterocycles. The van der Waals surface area contributed by atoms with E-state index in [1.165, 1.54) is 0 Å². The number of aliphatic hydroxyl groups is 2. The quantitative estimate of drug-likeness (QED) is 0.796. The van der Waals surface area contributed by atoms with Crippen LogP contribution in [0.1, 0.15) is 46.5 Å². The van der Waals surface area contributed by atoms with Gasteiger partial charge in [-0.15, -0.1) is 0 Å². The number of carbonyl (C=O) groups excluding carboxylic acids is 2. The molecule has 0 radical (unpaired) electrons. The Morgan fingerprint density at radius 1 is 1.35 bits per heavy atom. The van der Waals surface area contributed by atoms with Crippen molar-refractivity contribution in [3.8, 4) is 0 Å². The van der Waals surface area contributed by atoms with E-state index in [1.807, 2.05) is 6.08 Å². The van der Waals surface area contributed by atoms with E-state index >= 15 is 0 Å². The average Bonchev–Trinajstić information content (AvgIpc) is 2.84. The molecule has 0 aromatic carbocycles.